The highest BCUT2D eigenvalue weighted by atomic mass is 19.4. The van der Waals surface area contributed by atoms with Gasteiger partial charge < -0.3 is 10.6 Å². The summed E-state index contributed by atoms with van der Waals surface area (Å²) in [6, 6.07) is 3.90. The number of nitrogens with zero attached hydrogens (tertiary/aromatic N) is 6. The molecular weight excluding hydrogens is 423 g/mol. The van der Waals surface area contributed by atoms with Gasteiger partial charge in [0.15, 0.2) is 0 Å². The SMILES string of the molecule is Nc1nc2cnc(C(=O)N(Cc3ccc(C(F)(F)F)cn3)CC3CC3)cc2n2cncc12. The number of hydrogen-bond donors (Lipinski definition) is 1. The summed E-state index contributed by atoms with van der Waals surface area (Å²) in [7, 11) is 0. The van der Waals surface area contributed by atoms with Crippen LogP contribution in [0.25, 0.3) is 16.6 Å². The molecule has 0 atom stereocenters. The minimum atomic E-state index is -4.46. The van der Waals surface area contributed by atoms with E-state index in [0.29, 0.717) is 40.5 Å². The molecule has 2 N–H and O–H groups in total. The largest absolute Gasteiger partial charge is 0.417 e. The number of pyridine rings is 2. The lowest BCUT2D eigenvalue weighted by Crippen LogP contribution is -2.33. The number of halogens is 3. The molecule has 0 spiro atoms. The van der Waals surface area contributed by atoms with E-state index < -0.39 is 11.7 Å². The molecule has 0 unspecified atom stereocenters. The Morgan fingerprint density at radius 3 is 2.66 bits per heavy atom. The standard InChI is InChI=1S/C21H18F3N7O/c22-21(23,24)13-3-4-14(27-6-13)10-30(9-12-1-2-12)20(32)15-5-17-16(7-28-15)29-19(25)18-8-26-11-31(17)18/h3-8,11-12H,1-2,9-10H2,(H2,25,29). The van der Waals surface area contributed by atoms with E-state index in [1.807, 2.05) is 0 Å². The number of amides is 1. The highest BCUT2D eigenvalue weighted by molar-refractivity contribution is 5.96. The monoisotopic (exact) mass is 441 g/mol. The number of aromatic nitrogens is 5. The molecule has 4 heterocycles. The van der Waals surface area contributed by atoms with Crippen molar-refractivity contribution in [1.29, 1.82) is 0 Å². The molecule has 1 amide bonds. The van der Waals surface area contributed by atoms with E-state index >= 15 is 0 Å². The van der Waals surface area contributed by atoms with E-state index in [2.05, 4.69) is 19.9 Å². The summed E-state index contributed by atoms with van der Waals surface area (Å²) in [5, 5.41) is 0. The molecule has 11 heteroatoms. The third-order valence-corrected chi connectivity index (χ3v) is 5.45. The van der Waals surface area contributed by atoms with Crippen LogP contribution in [0.4, 0.5) is 19.0 Å². The first-order valence-corrected chi connectivity index (χ1v) is 9.98. The van der Waals surface area contributed by atoms with Crippen LogP contribution in [-0.4, -0.2) is 41.7 Å². The molecule has 4 aromatic rings. The summed E-state index contributed by atoms with van der Waals surface area (Å²) < 4.78 is 40.2. The number of nitrogens with two attached hydrogens (primary N) is 1. The van der Waals surface area contributed by atoms with Crippen LogP contribution in [0.2, 0.25) is 0 Å². The van der Waals surface area contributed by atoms with Crippen molar-refractivity contribution in [2.24, 2.45) is 5.92 Å². The Labute approximate surface area is 179 Å². The first-order valence-electron chi connectivity index (χ1n) is 9.98. The van der Waals surface area contributed by atoms with Gasteiger partial charge in [-0.2, -0.15) is 13.2 Å². The molecule has 0 bridgehead atoms. The Morgan fingerprint density at radius 2 is 1.97 bits per heavy atom. The van der Waals surface area contributed by atoms with Crippen LogP contribution in [0.3, 0.4) is 0 Å². The fourth-order valence-corrected chi connectivity index (χ4v) is 3.57. The first-order chi connectivity index (χ1) is 15.3. The predicted molar refractivity (Wildman–Crippen MR) is 109 cm³/mol. The number of carbonyl (C=O) groups is 1. The summed E-state index contributed by atoms with van der Waals surface area (Å²) in [6.07, 6.45) is 2.99. The van der Waals surface area contributed by atoms with Crippen LogP contribution in [0.1, 0.15) is 34.6 Å². The van der Waals surface area contributed by atoms with Crippen molar-refractivity contribution in [3.05, 3.63) is 60.1 Å². The number of anilines is 1. The summed E-state index contributed by atoms with van der Waals surface area (Å²) in [5.74, 6) is 0.348. The number of nitrogen functional groups attached to an aromatic ring is 1. The molecular formula is C21H18F3N7O. The minimum Gasteiger partial charge on any atom is -0.382 e. The van der Waals surface area contributed by atoms with Gasteiger partial charge in [0, 0.05) is 12.7 Å². The molecule has 4 aromatic heterocycles. The van der Waals surface area contributed by atoms with Crippen LogP contribution in [-0.2, 0) is 12.7 Å². The van der Waals surface area contributed by atoms with Gasteiger partial charge in [-0.15, -0.1) is 0 Å². The summed E-state index contributed by atoms with van der Waals surface area (Å²) >= 11 is 0. The number of hydrogen-bond acceptors (Lipinski definition) is 6. The van der Waals surface area contributed by atoms with Crippen LogP contribution in [0.15, 0.2) is 43.1 Å². The highest BCUT2D eigenvalue weighted by Gasteiger charge is 2.31. The molecule has 164 valence electrons. The van der Waals surface area contributed by atoms with Crippen molar-refractivity contribution in [3.63, 3.8) is 0 Å². The molecule has 32 heavy (non-hydrogen) atoms. The topological polar surface area (TPSA) is 102 Å². The van der Waals surface area contributed by atoms with Gasteiger partial charge in [0.1, 0.15) is 22.5 Å². The Morgan fingerprint density at radius 1 is 1.16 bits per heavy atom. The van der Waals surface area contributed by atoms with Gasteiger partial charge in [0.2, 0.25) is 0 Å². The van der Waals surface area contributed by atoms with E-state index in [-0.39, 0.29) is 18.1 Å². The Kier molecular flexibility index (Phi) is 4.68. The van der Waals surface area contributed by atoms with E-state index in [4.69, 9.17) is 5.73 Å². The van der Waals surface area contributed by atoms with Crippen LogP contribution >= 0.6 is 0 Å². The quantitative estimate of drug-likeness (QED) is 0.510. The van der Waals surface area contributed by atoms with Crippen molar-refractivity contribution < 1.29 is 18.0 Å². The molecule has 1 fully saturated rings. The number of rotatable bonds is 5. The minimum absolute atomic E-state index is 0.0909. The molecule has 1 aliphatic carbocycles. The average molecular weight is 441 g/mol. The smallest absolute Gasteiger partial charge is 0.382 e. The maximum Gasteiger partial charge on any atom is 0.417 e. The summed E-state index contributed by atoms with van der Waals surface area (Å²) in [6.45, 7) is 0.579. The number of carbonyl (C=O) groups excluding carboxylic acids is 1. The maximum atomic E-state index is 13.3. The van der Waals surface area contributed by atoms with Crippen molar-refractivity contribution in [2.45, 2.75) is 25.6 Å². The van der Waals surface area contributed by atoms with Crippen LogP contribution in [0.5, 0.6) is 0 Å². The lowest BCUT2D eigenvalue weighted by Gasteiger charge is -2.22. The molecule has 0 saturated heterocycles. The van der Waals surface area contributed by atoms with Gasteiger partial charge in [-0.05, 0) is 37.0 Å². The van der Waals surface area contributed by atoms with E-state index in [1.165, 1.54) is 12.3 Å². The van der Waals surface area contributed by atoms with Gasteiger partial charge in [-0.25, -0.2) is 15.0 Å². The molecule has 5 rings (SSSR count). The predicted octanol–water partition coefficient (Wildman–Crippen LogP) is 3.33. The molecule has 1 saturated carbocycles. The summed E-state index contributed by atoms with van der Waals surface area (Å²) in [5.41, 5.74) is 7.46. The molecule has 0 aliphatic heterocycles. The van der Waals surface area contributed by atoms with Gasteiger partial charge in [0.05, 0.1) is 42.0 Å². The fraction of sp³-hybridized carbons (Fsp3) is 0.286. The van der Waals surface area contributed by atoms with E-state index in [9.17, 15) is 18.0 Å². The third-order valence-electron chi connectivity index (χ3n) is 5.45. The zero-order valence-corrected chi connectivity index (χ0v) is 16.8. The van der Waals surface area contributed by atoms with E-state index in [1.54, 1.807) is 27.9 Å². The zero-order chi connectivity index (χ0) is 22.5. The second-order valence-corrected chi connectivity index (χ2v) is 7.87. The lowest BCUT2D eigenvalue weighted by molar-refractivity contribution is -0.137. The Hall–Kier alpha value is -3.76. The number of alkyl halides is 3. The van der Waals surface area contributed by atoms with Crippen molar-refractivity contribution >= 4 is 28.3 Å². The normalized spacial score (nSPS) is 14.2. The van der Waals surface area contributed by atoms with Gasteiger partial charge in [0.25, 0.3) is 5.91 Å². The number of imidazole rings is 1. The molecule has 8 nitrogen and oxygen atoms in total. The van der Waals surface area contributed by atoms with Crippen molar-refractivity contribution in [3.8, 4) is 0 Å². The van der Waals surface area contributed by atoms with Crippen molar-refractivity contribution in [2.75, 3.05) is 12.3 Å². The third kappa shape index (κ3) is 3.81. The summed E-state index contributed by atoms with van der Waals surface area (Å²) in [4.78, 5) is 31.5. The zero-order valence-electron chi connectivity index (χ0n) is 16.8. The molecule has 0 radical (unpaired) electrons. The van der Waals surface area contributed by atoms with Crippen LogP contribution < -0.4 is 5.73 Å². The first kappa shape index (κ1) is 20.2. The second-order valence-electron chi connectivity index (χ2n) is 7.87. The van der Waals surface area contributed by atoms with Gasteiger partial charge >= 0.3 is 6.18 Å². The van der Waals surface area contributed by atoms with Crippen LogP contribution in [0, 0.1) is 5.92 Å². The maximum absolute atomic E-state index is 13.3. The Bertz CT molecular complexity index is 1310. The van der Waals surface area contributed by atoms with Gasteiger partial charge in [-0.3, -0.25) is 14.2 Å². The highest BCUT2D eigenvalue weighted by Crippen LogP contribution is 2.31. The van der Waals surface area contributed by atoms with Gasteiger partial charge in [-0.1, -0.05) is 0 Å². The fourth-order valence-electron chi connectivity index (χ4n) is 3.57. The average Bonchev–Trinajstić information content (AvgIpc) is 3.43. The molecule has 0 aromatic carbocycles. The second kappa shape index (κ2) is 7.43. The van der Waals surface area contributed by atoms with E-state index in [0.717, 1.165) is 25.1 Å². The molecule has 1 aliphatic rings. The van der Waals surface area contributed by atoms with Crippen molar-refractivity contribution in [1.82, 2.24) is 29.2 Å². The Balaban J connectivity index is 1.46. The number of fused-ring (bicyclic) bond motifs is 3. The lowest BCUT2D eigenvalue weighted by atomic mass is 10.2.